The quantitative estimate of drug-likeness (QED) is 0.885. The molecular weight excluding hydrogens is 302 g/mol. The van der Waals surface area contributed by atoms with Crippen molar-refractivity contribution in [3.8, 4) is 0 Å². The fourth-order valence-corrected chi connectivity index (χ4v) is 4.33. The van der Waals surface area contributed by atoms with E-state index in [0.29, 0.717) is 6.61 Å². The van der Waals surface area contributed by atoms with Gasteiger partial charge in [-0.05, 0) is 37.0 Å². The summed E-state index contributed by atoms with van der Waals surface area (Å²) in [6.45, 7) is 3.35. The Bertz CT molecular complexity index is 608. The number of aromatic nitrogens is 1. The highest BCUT2D eigenvalue weighted by Gasteiger charge is 2.43. The van der Waals surface area contributed by atoms with Gasteiger partial charge in [-0.1, -0.05) is 0 Å². The monoisotopic (exact) mass is 325 g/mol. The Hall–Kier alpha value is -1.02. The predicted molar refractivity (Wildman–Crippen MR) is 83.8 cm³/mol. The van der Waals surface area contributed by atoms with Crippen LogP contribution in [0.2, 0.25) is 0 Å². The minimum atomic E-state index is -3.16. The van der Waals surface area contributed by atoms with Gasteiger partial charge in [0.25, 0.3) is 0 Å². The minimum Gasteiger partial charge on any atom is -0.373 e. The van der Waals surface area contributed by atoms with Crippen molar-refractivity contribution in [3.63, 3.8) is 0 Å². The van der Waals surface area contributed by atoms with Crippen molar-refractivity contribution in [2.75, 3.05) is 26.0 Å². The second-order valence-corrected chi connectivity index (χ2v) is 8.21. The van der Waals surface area contributed by atoms with Gasteiger partial charge in [-0.2, -0.15) is 0 Å². The molecule has 2 fully saturated rings. The fourth-order valence-electron chi connectivity index (χ4n) is 3.52. The van der Waals surface area contributed by atoms with E-state index in [-0.39, 0.29) is 11.6 Å². The van der Waals surface area contributed by atoms with Gasteiger partial charge in [0.1, 0.15) is 0 Å². The summed E-state index contributed by atoms with van der Waals surface area (Å²) in [7, 11) is -3.16. The van der Waals surface area contributed by atoms with E-state index < -0.39 is 10.0 Å². The number of ether oxygens (including phenoxy) is 1. The summed E-state index contributed by atoms with van der Waals surface area (Å²) < 4.78 is 31.7. The highest BCUT2D eigenvalue weighted by Crippen LogP contribution is 2.35. The molecule has 2 saturated heterocycles. The van der Waals surface area contributed by atoms with E-state index in [2.05, 4.69) is 14.6 Å². The second-order valence-electron chi connectivity index (χ2n) is 6.43. The molecule has 22 heavy (non-hydrogen) atoms. The molecule has 3 heterocycles. The third kappa shape index (κ3) is 4.04. The minimum absolute atomic E-state index is 0.00961. The molecule has 2 aliphatic heterocycles. The van der Waals surface area contributed by atoms with Crippen LogP contribution < -0.4 is 4.72 Å². The van der Waals surface area contributed by atoms with Crippen molar-refractivity contribution in [1.29, 1.82) is 0 Å². The van der Waals surface area contributed by atoms with Gasteiger partial charge < -0.3 is 4.74 Å². The molecule has 0 unspecified atom stereocenters. The van der Waals surface area contributed by atoms with Gasteiger partial charge >= 0.3 is 0 Å². The highest BCUT2D eigenvalue weighted by atomic mass is 32.2. The Morgan fingerprint density at radius 1 is 1.45 bits per heavy atom. The number of pyridine rings is 1. The number of nitrogens with zero attached hydrogens (tertiary/aromatic N) is 2. The Morgan fingerprint density at radius 2 is 2.23 bits per heavy atom. The van der Waals surface area contributed by atoms with Gasteiger partial charge in [0, 0.05) is 44.7 Å². The largest absolute Gasteiger partial charge is 0.373 e. The van der Waals surface area contributed by atoms with Crippen LogP contribution in [0.3, 0.4) is 0 Å². The average Bonchev–Trinajstić information content (AvgIpc) is 2.80. The molecule has 122 valence electrons. The molecular formula is C15H23N3O3S. The maximum Gasteiger partial charge on any atom is 0.208 e. The van der Waals surface area contributed by atoms with Crippen molar-refractivity contribution < 1.29 is 13.2 Å². The number of sulfonamides is 1. The van der Waals surface area contributed by atoms with Gasteiger partial charge in [-0.3, -0.25) is 9.88 Å². The first kappa shape index (κ1) is 15.9. The van der Waals surface area contributed by atoms with Crippen LogP contribution in [0.25, 0.3) is 0 Å². The third-order valence-electron chi connectivity index (χ3n) is 4.42. The van der Waals surface area contributed by atoms with Crippen LogP contribution in [-0.2, 0) is 21.3 Å². The molecule has 6 nitrogen and oxygen atoms in total. The summed E-state index contributed by atoms with van der Waals surface area (Å²) >= 11 is 0. The van der Waals surface area contributed by atoms with Crippen LogP contribution in [-0.4, -0.2) is 55.9 Å². The molecule has 0 aliphatic carbocycles. The molecule has 0 saturated carbocycles. The Labute approximate surface area is 131 Å². The molecule has 1 N–H and O–H groups in total. The van der Waals surface area contributed by atoms with Gasteiger partial charge in [-0.15, -0.1) is 0 Å². The normalized spacial score (nSPS) is 30.0. The maximum atomic E-state index is 11.4. The topological polar surface area (TPSA) is 71.5 Å². The van der Waals surface area contributed by atoms with Crippen molar-refractivity contribution in [3.05, 3.63) is 30.1 Å². The summed E-state index contributed by atoms with van der Waals surface area (Å²) in [6.07, 6.45) is 7.31. The first-order valence-corrected chi connectivity index (χ1v) is 9.56. The van der Waals surface area contributed by atoms with Crippen LogP contribution in [0, 0.1) is 0 Å². The van der Waals surface area contributed by atoms with E-state index in [1.807, 2.05) is 24.5 Å². The lowest BCUT2D eigenvalue weighted by atomic mass is 9.90. The number of hydrogen-bond donors (Lipinski definition) is 1. The Balaban J connectivity index is 1.60. The van der Waals surface area contributed by atoms with Crippen molar-refractivity contribution >= 4 is 10.0 Å². The second kappa shape index (κ2) is 6.23. The van der Waals surface area contributed by atoms with Gasteiger partial charge in [0.15, 0.2) is 0 Å². The van der Waals surface area contributed by atoms with Crippen LogP contribution in [0.5, 0.6) is 0 Å². The number of nitrogens with one attached hydrogen (secondary N) is 1. The molecule has 2 atom stereocenters. The van der Waals surface area contributed by atoms with Gasteiger partial charge in [0.2, 0.25) is 10.0 Å². The van der Waals surface area contributed by atoms with Crippen molar-refractivity contribution in [2.24, 2.45) is 0 Å². The molecule has 3 rings (SSSR count). The Kier molecular flexibility index (Phi) is 4.49. The average molecular weight is 325 g/mol. The van der Waals surface area contributed by atoms with Gasteiger partial charge in [0.05, 0.1) is 11.9 Å². The molecule has 1 aromatic heterocycles. The zero-order valence-electron chi connectivity index (χ0n) is 12.9. The highest BCUT2D eigenvalue weighted by molar-refractivity contribution is 7.88. The van der Waals surface area contributed by atoms with Crippen LogP contribution in [0.1, 0.15) is 24.8 Å². The summed E-state index contributed by atoms with van der Waals surface area (Å²) in [5, 5.41) is 0. The summed E-state index contributed by atoms with van der Waals surface area (Å²) in [4.78, 5) is 6.41. The molecule has 1 spiro atoms. The smallest absolute Gasteiger partial charge is 0.208 e. The first-order chi connectivity index (χ1) is 10.4. The molecule has 1 aromatic rings. The predicted octanol–water partition coefficient (Wildman–Crippen LogP) is 0.754. The zero-order chi connectivity index (χ0) is 15.6. The lowest BCUT2D eigenvalue weighted by Gasteiger charge is -2.38. The SMILES string of the molecule is CS(=O)(=O)N[C@H]1CCO[C@@]2(CCN(Cc3ccncc3)C2)C1. The summed E-state index contributed by atoms with van der Waals surface area (Å²) in [5.74, 6) is 0. The molecule has 0 aromatic carbocycles. The van der Waals surface area contributed by atoms with Crippen LogP contribution in [0.4, 0.5) is 0 Å². The van der Waals surface area contributed by atoms with E-state index in [1.54, 1.807) is 0 Å². The maximum absolute atomic E-state index is 11.4. The van der Waals surface area contributed by atoms with E-state index in [4.69, 9.17) is 4.74 Å². The van der Waals surface area contributed by atoms with Crippen LogP contribution in [0.15, 0.2) is 24.5 Å². The van der Waals surface area contributed by atoms with Crippen molar-refractivity contribution in [2.45, 2.75) is 37.5 Å². The molecule has 7 heteroatoms. The summed E-state index contributed by atoms with van der Waals surface area (Å²) in [6, 6.07) is 4.05. The van der Waals surface area contributed by atoms with Crippen molar-refractivity contribution in [1.82, 2.24) is 14.6 Å². The molecule has 2 aliphatic rings. The molecule has 0 bridgehead atoms. The third-order valence-corrected chi connectivity index (χ3v) is 5.19. The lowest BCUT2D eigenvalue weighted by Crippen LogP contribution is -2.49. The van der Waals surface area contributed by atoms with E-state index in [9.17, 15) is 8.42 Å². The fraction of sp³-hybridized carbons (Fsp3) is 0.667. The van der Waals surface area contributed by atoms with Gasteiger partial charge in [-0.25, -0.2) is 13.1 Å². The number of rotatable bonds is 4. The molecule has 0 radical (unpaired) electrons. The lowest BCUT2D eigenvalue weighted by molar-refractivity contribution is -0.0779. The van der Waals surface area contributed by atoms with E-state index >= 15 is 0 Å². The zero-order valence-corrected chi connectivity index (χ0v) is 13.7. The number of hydrogen-bond acceptors (Lipinski definition) is 5. The Morgan fingerprint density at radius 3 is 2.95 bits per heavy atom. The molecule has 0 amide bonds. The van der Waals surface area contributed by atoms with E-state index in [1.165, 1.54) is 11.8 Å². The number of likely N-dealkylation sites (tertiary alicyclic amines) is 1. The standard InChI is InChI=1S/C15H23N3O3S/c1-22(19,20)17-14-4-9-21-15(10-14)5-8-18(12-15)11-13-2-6-16-7-3-13/h2-3,6-7,14,17H,4-5,8-12H2,1H3/t14-,15-/m0/s1. The van der Waals surface area contributed by atoms with E-state index in [0.717, 1.165) is 38.9 Å². The van der Waals surface area contributed by atoms with Crippen LogP contribution >= 0.6 is 0 Å². The summed E-state index contributed by atoms with van der Waals surface area (Å²) in [5.41, 5.74) is 1.04. The first-order valence-electron chi connectivity index (χ1n) is 7.67.